The van der Waals surface area contributed by atoms with E-state index in [0.717, 1.165) is 12.0 Å². The number of rotatable bonds is 11. The average molecular weight is 517 g/mol. The summed E-state index contributed by atoms with van der Waals surface area (Å²) in [6, 6.07) is 0. The van der Waals surface area contributed by atoms with E-state index in [1.807, 2.05) is 6.92 Å². The molecule has 1 saturated carbocycles. The number of carboxylic acid groups (broad SMARTS) is 1. The Kier molecular flexibility index (Phi) is 9.46. The summed E-state index contributed by atoms with van der Waals surface area (Å²) in [7, 11) is 0. The number of aliphatic hydroxyl groups excluding tert-OH is 2. The van der Waals surface area contributed by atoms with Crippen molar-refractivity contribution in [1.29, 1.82) is 0 Å². The predicted octanol–water partition coefficient (Wildman–Crippen LogP) is 7.81. The third-order valence-electron chi connectivity index (χ3n) is 11.4. The predicted molar refractivity (Wildman–Crippen MR) is 154 cm³/mol. The lowest BCUT2D eigenvalue weighted by Crippen LogP contribution is -2.49. The van der Waals surface area contributed by atoms with Gasteiger partial charge in [0, 0.05) is 11.3 Å². The van der Waals surface area contributed by atoms with Crippen LogP contribution in [-0.4, -0.2) is 33.5 Å². The molecule has 2 aliphatic rings. The van der Waals surface area contributed by atoms with Gasteiger partial charge in [-0.15, -0.1) is 0 Å². The molecule has 1 unspecified atom stereocenters. The zero-order valence-electron chi connectivity index (χ0n) is 25.6. The monoisotopic (exact) mass is 516 g/mol. The molecule has 0 bridgehead atoms. The molecule has 0 heterocycles. The normalized spacial score (nSPS) is 32.2. The van der Waals surface area contributed by atoms with Crippen molar-refractivity contribution < 1.29 is 20.1 Å². The lowest BCUT2D eigenvalue weighted by Gasteiger charge is -2.55. The van der Waals surface area contributed by atoms with Crippen LogP contribution in [0, 0.1) is 45.3 Å². The van der Waals surface area contributed by atoms with Crippen LogP contribution < -0.4 is 0 Å². The van der Waals surface area contributed by atoms with Gasteiger partial charge in [-0.1, -0.05) is 93.5 Å². The van der Waals surface area contributed by atoms with Gasteiger partial charge in [0.1, 0.15) is 0 Å². The van der Waals surface area contributed by atoms with Crippen molar-refractivity contribution in [2.45, 2.75) is 120 Å². The summed E-state index contributed by atoms with van der Waals surface area (Å²) in [5, 5.41) is 32.7. The maximum atomic E-state index is 12.6. The Morgan fingerprint density at radius 3 is 2.24 bits per heavy atom. The third-order valence-corrected chi connectivity index (χ3v) is 11.4. The summed E-state index contributed by atoms with van der Waals surface area (Å²) >= 11 is 0. The van der Waals surface area contributed by atoms with Crippen molar-refractivity contribution in [3.05, 3.63) is 35.5 Å². The molecule has 37 heavy (non-hydrogen) atoms. The second-order valence-corrected chi connectivity index (χ2v) is 14.1. The molecule has 0 aromatic rings. The summed E-state index contributed by atoms with van der Waals surface area (Å²) in [6.45, 7) is 28.1. The first kappa shape index (κ1) is 31.8. The second-order valence-electron chi connectivity index (χ2n) is 14.1. The molecule has 0 radical (unpaired) electrons. The van der Waals surface area contributed by atoms with Crippen LogP contribution in [0.2, 0.25) is 0 Å². The lowest BCUT2D eigenvalue weighted by molar-refractivity contribution is -0.148. The number of carboxylic acids is 1. The standard InChI is InChI=1S/C33H56O4/c1-13-24-25(30(7,8)22(6)31(9,10)27(35)14-2)17-18-32(11)28(26(34)19-33(24,32)12)23(29(36)37)16-15-21(5)20(3)4/h13,17,20,22-23,26-28,34-35H,5,14-16,18-19H2,1-4,6-12H3,(H,36,37)/b24-13+/t22-,23-,26-,27?,28+,32-,33+/m1/s1. The molecular weight excluding hydrogens is 460 g/mol. The van der Waals surface area contributed by atoms with E-state index >= 15 is 0 Å². The van der Waals surface area contributed by atoms with E-state index in [4.69, 9.17) is 0 Å². The first-order valence-electron chi connectivity index (χ1n) is 14.5. The molecular formula is C33H56O4. The minimum Gasteiger partial charge on any atom is -0.481 e. The Morgan fingerprint density at radius 1 is 1.22 bits per heavy atom. The Bertz CT molecular complexity index is 923. The minimum absolute atomic E-state index is 0.194. The number of aliphatic hydroxyl groups is 2. The van der Waals surface area contributed by atoms with Crippen molar-refractivity contribution >= 4 is 5.97 Å². The molecule has 4 heteroatoms. The summed E-state index contributed by atoms with van der Waals surface area (Å²) in [6.07, 6.45) is 6.65. The zero-order valence-corrected chi connectivity index (χ0v) is 25.6. The van der Waals surface area contributed by atoms with Crippen molar-refractivity contribution in [3.63, 3.8) is 0 Å². The van der Waals surface area contributed by atoms with Crippen LogP contribution in [0.5, 0.6) is 0 Å². The molecule has 0 aliphatic heterocycles. The van der Waals surface area contributed by atoms with Crippen LogP contribution in [0.3, 0.4) is 0 Å². The maximum Gasteiger partial charge on any atom is 0.306 e. The Balaban J connectivity index is 2.56. The molecule has 0 saturated heterocycles. The van der Waals surface area contributed by atoms with E-state index < -0.39 is 24.1 Å². The summed E-state index contributed by atoms with van der Waals surface area (Å²) in [4.78, 5) is 12.6. The number of hydrogen-bond acceptors (Lipinski definition) is 3. The number of allylic oxidation sites excluding steroid dienone is 5. The molecule has 1 fully saturated rings. The SMILES string of the molecule is C=C(CC[C@@H](C(=O)O)[C@H]1[C@H](O)C[C@@]2(C)/C(=C/C)C(C(C)(C)[C@@H](C)C(C)(C)C(O)CC)=CC[C@]12C)C(C)C. The topological polar surface area (TPSA) is 77.8 Å². The van der Waals surface area contributed by atoms with Crippen LogP contribution in [0.1, 0.15) is 108 Å². The van der Waals surface area contributed by atoms with Gasteiger partial charge >= 0.3 is 5.97 Å². The summed E-state index contributed by atoms with van der Waals surface area (Å²) in [5.41, 5.74) is 2.38. The van der Waals surface area contributed by atoms with Gasteiger partial charge in [0.25, 0.3) is 0 Å². The number of hydrogen-bond donors (Lipinski definition) is 3. The van der Waals surface area contributed by atoms with Gasteiger partial charge in [-0.3, -0.25) is 4.79 Å². The van der Waals surface area contributed by atoms with Crippen LogP contribution in [-0.2, 0) is 4.79 Å². The molecule has 0 aromatic carbocycles. The highest BCUT2D eigenvalue weighted by Gasteiger charge is 2.64. The van der Waals surface area contributed by atoms with E-state index in [1.54, 1.807) is 0 Å². The molecule has 7 atom stereocenters. The first-order valence-corrected chi connectivity index (χ1v) is 14.5. The fourth-order valence-corrected chi connectivity index (χ4v) is 7.93. The van der Waals surface area contributed by atoms with E-state index in [-0.39, 0.29) is 33.5 Å². The maximum absolute atomic E-state index is 12.6. The van der Waals surface area contributed by atoms with Crippen molar-refractivity contribution in [2.24, 2.45) is 45.3 Å². The highest BCUT2D eigenvalue weighted by molar-refractivity contribution is 5.71. The van der Waals surface area contributed by atoms with Crippen molar-refractivity contribution in [3.8, 4) is 0 Å². The van der Waals surface area contributed by atoms with Gasteiger partial charge in [0.2, 0.25) is 0 Å². The van der Waals surface area contributed by atoms with Gasteiger partial charge in [0.15, 0.2) is 0 Å². The molecule has 212 valence electrons. The van der Waals surface area contributed by atoms with E-state index in [2.05, 4.69) is 88.0 Å². The molecule has 0 amide bonds. The molecule has 0 spiro atoms. The van der Waals surface area contributed by atoms with Gasteiger partial charge in [-0.2, -0.15) is 0 Å². The molecule has 0 aromatic heterocycles. The van der Waals surface area contributed by atoms with E-state index in [1.165, 1.54) is 11.1 Å². The van der Waals surface area contributed by atoms with Gasteiger partial charge in [0.05, 0.1) is 18.1 Å². The van der Waals surface area contributed by atoms with E-state index in [0.29, 0.717) is 31.6 Å². The van der Waals surface area contributed by atoms with Gasteiger partial charge in [-0.25, -0.2) is 0 Å². The highest BCUT2D eigenvalue weighted by atomic mass is 16.4. The molecule has 4 nitrogen and oxygen atoms in total. The fraction of sp³-hybridized carbons (Fsp3) is 0.788. The van der Waals surface area contributed by atoms with Crippen molar-refractivity contribution in [2.75, 3.05) is 0 Å². The summed E-state index contributed by atoms with van der Waals surface area (Å²) < 4.78 is 0. The number of carbonyl (C=O) groups is 1. The molecule has 2 aliphatic carbocycles. The quantitative estimate of drug-likeness (QED) is 0.245. The minimum atomic E-state index is -0.813. The number of aliphatic carboxylic acids is 1. The molecule has 2 rings (SSSR count). The van der Waals surface area contributed by atoms with Crippen LogP contribution in [0.25, 0.3) is 0 Å². The Labute approximate surface area is 227 Å². The first-order chi connectivity index (χ1) is 16.8. The molecule has 3 N–H and O–H groups in total. The smallest absolute Gasteiger partial charge is 0.306 e. The largest absolute Gasteiger partial charge is 0.481 e. The van der Waals surface area contributed by atoms with Crippen molar-refractivity contribution in [1.82, 2.24) is 0 Å². The van der Waals surface area contributed by atoms with Gasteiger partial charge < -0.3 is 15.3 Å². The van der Waals surface area contributed by atoms with E-state index in [9.17, 15) is 20.1 Å². The van der Waals surface area contributed by atoms with Crippen LogP contribution in [0.4, 0.5) is 0 Å². The third kappa shape index (κ3) is 5.26. The van der Waals surface area contributed by atoms with Gasteiger partial charge in [-0.05, 0) is 78.3 Å². The van der Waals surface area contributed by atoms with Crippen LogP contribution in [0.15, 0.2) is 35.5 Å². The lowest BCUT2D eigenvalue weighted by atomic mass is 9.49. The van der Waals surface area contributed by atoms with Crippen LogP contribution >= 0.6 is 0 Å². The Morgan fingerprint density at radius 2 is 1.78 bits per heavy atom. The Hall–Kier alpha value is -1.39. The second kappa shape index (κ2) is 11.0. The number of fused-ring (bicyclic) bond motifs is 1. The zero-order chi connectivity index (χ0) is 28.7. The fourth-order valence-electron chi connectivity index (χ4n) is 7.93. The average Bonchev–Trinajstić information content (AvgIpc) is 3.01. The highest BCUT2D eigenvalue weighted by Crippen LogP contribution is 2.69. The summed E-state index contributed by atoms with van der Waals surface area (Å²) in [5.74, 6) is -1.25.